The number of nitrogens with one attached hydrogen (secondary N) is 1. The smallest absolute Gasteiger partial charge is 0.255 e. The summed E-state index contributed by atoms with van der Waals surface area (Å²) in [5.41, 5.74) is 2.88. The van der Waals surface area contributed by atoms with Crippen molar-refractivity contribution < 1.29 is 9.53 Å². The molecule has 0 spiro atoms. The molecule has 2 heterocycles. The maximum Gasteiger partial charge on any atom is 0.255 e. The van der Waals surface area contributed by atoms with Crippen LogP contribution in [0.3, 0.4) is 0 Å². The Bertz CT molecular complexity index is 762. The second kappa shape index (κ2) is 5.96. The SMILES string of the molecule is CC(C)Cn1ncc(C(=O)N[C@H]2COc3ccccc32)c1C1CC1. The molecule has 2 aliphatic rings. The van der Waals surface area contributed by atoms with Crippen LogP contribution in [0.5, 0.6) is 5.75 Å². The zero-order chi connectivity index (χ0) is 16.7. The number of carbonyl (C=O) groups is 1. The zero-order valence-electron chi connectivity index (χ0n) is 14.2. The first kappa shape index (κ1) is 15.2. The lowest BCUT2D eigenvalue weighted by atomic mass is 10.1. The van der Waals surface area contributed by atoms with Crippen molar-refractivity contribution in [3.63, 3.8) is 0 Å². The molecule has 0 radical (unpaired) electrons. The Labute approximate surface area is 142 Å². The van der Waals surface area contributed by atoms with Crippen LogP contribution in [-0.2, 0) is 6.54 Å². The quantitative estimate of drug-likeness (QED) is 0.918. The number of rotatable bonds is 5. The van der Waals surface area contributed by atoms with Gasteiger partial charge in [0, 0.05) is 18.0 Å². The van der Waals surface area contributed by atoms with Gasteiger partial charge in [-0.15, -0.1) is 0 Å². The summed E-state index contributed by atoms with van der Waals surface area (Å²) in [5.74, 6) is 1.81. The molecule has 1 fully saturated rings. The Morgan fingerprint density at radius 1 is 1.38 bits per heavy atom. The van der Waals surface area contributed by atoms with Gasteiger partial charge >= 0.3 is 0 Å². The summed E-state index contributed by atoms with van der Waals surface area (Å²) in [6.45, 7) is 5.69. The molecule has 1 N–H and O–H groups in total. The van der Waals surface area contributed by atoms with Crippen molar-refractivity contribution in [3.05, 3.63) is 47.3 Å². The minimum atomic E-state index is -0.0887. The number of nitrogens with zero attached hydrogens (tertiary/aromatic N) is 2. The number of para-hydroxylation sites is 1. The average Bonchev–Trinajstić information content (AvgIpc) is 3.19. The molecule has 1 atom stereocenters. The van der Waals surface area contributed by atoms with E-state index in [0.29, 0.717) is 18.4 Å². The third-order valence-electron chi connectivity index (χ3n) is 4.63. The first-order valence-corrected chi connectivity index (χ1v) is 8.71. The van der Waals surface area contributed by atoms with Crippen LogP contribution in [0.25, 0.3) is 0 Å². The van der Waals surface area contributed by atoms with Crippen LogP contribution in [0.2, 0.25) is 0 Å². The lowest BCUT2D eigenvalue weighted by Crippen LogP contribution is -2.30. The lowest BCUT2D eigenvalue weighted by Gasteiger charge is -2.13. The first-order valence-electron chi connectivity index (χ1n) is 8.71. The van der Waals surface area contributed by atoms with Gasteiger partial charge < -0.3 is 10.1 Å². The average molecular weight is 325 g/mol. The molecule has 4 rings (SSSR count). The van der Waals surface area contributed by atoms with Gasteiger partial charge in [0.25, 0.3) is 5.91 Å². The fourth-order valence-corrected chi connectivity index (χ4v) is 3.37. The number of hydrogen-bond acceptors (Lipinski definition) is 3. The van der Waals surface area contributed by atoms with E-state index in [2.05, 4.69) is 24.3 Å². The molecule has 1 aliphatic heterocycles. The molecule has 5 nitrogen and oxygen atoms in total. The molecule has 1 amide bonds. The van der Waals surface area contributed by atoms with Gasteiger partial charge in [-0.2, -0.15) is 5.10 Å². The van der Waals surface area contributed by atoms with Crippen molar-refractivity contribution in [2.45, 2.75) is 45.2 Å². The third kappa shape index (κ3) is 2.79. The number of hydrogen-bond donors (Lipinski definition) is 1. The molecular weight excluding hydrogens is 302 g/mol. The fraction of sp³-hybridized carbons (Fsp3) is 0.474. The Morgan fingerprint density at radius 2 is 2.17 bits per heavy atom. The lowest BCUT2D eigenvalue weighted by molar-refractivity contribution is 0.0929. The number of aromatic nitrogens is 2. The van der Waals surface area contributed by atoms with Crippen molar-refractivity contribution >= 4 is 5.91 Å². The molecule has 1 aromatic carbocycles. The van der Waals surface area contributed by atoms with E-state index in [9.17, 15) is 4.79 Å². The van der Waals surface area contributed by atoms with E-state index in [4.69, 9.17) is 4.74 Å². The molecule has 1 saturated carbocycles. The highest BCUT2D eigenvalue weighted by Crippen LogP contribution is 2.42. The summed E-state index contributed by atoms with van der Waals surface area (Å²) < 4.78 is 7.68. The number of fused-ring (bicyclic) bond motifs is 1. The predicted octanol–water partition coefficient (Wildman–Crippen LogP) is 3.28. The Morgan fingerprint density at radius 3 is 2.92 bits per heavy atom. The van der Waals surface area contributed by atoms with E-state index in [1.807, 2.05) is 28.9 Å². The van der Waals surface area contributed by atoms with Gasteiger partial charge in [-0.25, -0.2) is 0 Å². The number of ether oxygens (including phenoxy) is 1. The van der Waals surface area contributed by atoms with Crippen LogP contribution in [0, 0.1) is 5.92 Å². The van der Waals surface area contributed by atoms with Gasteiger partial charge in [0.15, 0.2) is 0 Å². The van der Waals surface area contributed by atoms with E-state index in [-0.39, 0.29) is 11.9 Å². The van der Waals surface area contributed by atoms with Gasteiger partial charge in [0.2, 0.25) is 0 Å². The summed E-state index contributed by atoms with van der Waals surface area (Å²) in [7, 11) is 0. The zero-order valence-corrected chi connectivity index (χ0v) is 14.2. The predicted molar refractivity (Wildman–Crippen MR) is 91.2 cm³/mol. The highest BCUT2D eigenvalue weighted by atomic mass is 16.5. The van der Waals surface area contributed by atoms with Crippen LogP contribution in [0.4, 0.5) is 0 Å². The van der Waals surface area contributed by atoms with Crippen LogP contribution >= 0.6 is 0 Å². The van der Waals surface area contributed by atoms with Crippen LogP contribution in [0.1, 0.15) is 60.3 Å². The van der Waals surface area contributed by atoms with Gasteiger partial charge in [-0.3, -0.25) is 9.48 Å². The van der Waals surface area contributed by atoms with E-state index in [1.54, 1.807) is 6.20 Å². The van der Waals surface area contributed by atoms with Crippen molar-refractivity contribution in [1.29, 1.82) is 0 Å². The van der Waals surface area contributed by atoms with Crippen molar-refractivity contribution in [2.24, 2.45) is 5.92 Å². The number of amides is 1. The maximum absolute atomic E-state index is 12.8. The topological polar surface area (TPSA) is 56.2 Å². The van der Waals surface area contributed by atoms with E-state index in [0.717, 1.165) is 42.0 Å². The van der Waals surface area contributed by atoms with E-state index < -0.39 is 0 Å². The fourth-order valence-electron chi connectivity index (χ4n) is 3.37. The first-order chi connectivity index (χ1) is 11.6. The summed E-state index contributed by atoms with van der Waals surface area (Å²) in [6, 6.07) is 7.79. The Kier molecular flexibility index (Phi) is 3.79. The van der Waals surface area contributed by atoms with Crippen LogP contribution in [-0.4, -0.2) is 22.3 Å². The summed E-state index contributed by atoms with van der Waals surface area (Å²) >= 11 is 0. The highest BCUT2D eigenvalue weighted by molar-refractivity contribution is 5.95. The van der Waals surface area contributed by atoms with Gasteiger partial charge in [-0.1, -0.05) is 32.0 Å². The molecule has 0 unspecified atom stereocenters. The van der Waals surface area contributed by atoms with E-state index >= 15 is 0 Å². The van der Waals surface area contributed by atoms with Crippen molar-refractivity contribution in [1.82, 2.24) is 15.1 Å². The van der Waals surface area contributed by atoms with Crippen LogP contribution in [0.15, 0.2) is 30.5 Å². The maximum atomic E-state index is 12.8. The van der Waals surface area contributed by atoms with E-state index in [1.165, 1.54) is 0 Å². The second-order valence-electron chi connectivity index (χ2n) is 7.17. The molecule has 0 bridgehead atoms. The highest BCUT2D eigenvalue weighted by Gasteiger charge is 2.34. The Balaban J connectivity index is 1.56. The molecule has 2 aromatic rings. The standard InChI is InChI=1S/C19H23N3O2/c1-12(2)10-22-18(13-7-8-13)15(9-20-22)19(23)21-16-11-24-17-6-4-3-5-14(16)17/h3-6,9,12-13,16H,7-8,10-11H2,1-2H3,(H,21,23)/t16-/m0/s1. The minimum absolute atomic E-state index is 0.0443. The molecule has 1 aliphatic carbocycles. The number of carbonyl (C=O) groups excluding carboxylic acids is 1. The molecule has 0 saturated heterocycles. The molecule has 5 heteroatoms. The van der Waals surface area contributed by atoms with Gasteiger partial charge in [0.05, 0.1) is 23.5 Å². The van der Waals surface area contributed by atoms with Gasteiger partial charge in [-0.05, 0) is 24.8 Å². The number of benzene rings is 1. The molecule has 126 valence electrons. The third-order valence-corrected chi connectivity index (χ3v) is 4.63. The molecule has 1 aromatic heterocycles. The van der Waals surface area contributed by atoms with Gasteiger partial charge in [0.1, 0.15) is 12.4 Å². The van der Waals surface area contributed by atoms with Crippen molar-refractivity contribution in [2.75, 3.05) is 6.61 Å². The normalized spacial score (nSPS) is 19.2. The second-order valence-corrected chi connectivity index (χ2v) is 7.17. The Hall–Kier alpha value is -2.30. The summed E-state index contributed by atoms with van der Waals surface area (Å²) in [5, 5.41) is 7.61. The summed E-state index contributed by atoms with van der Waals surface area (Å²) in [4.78, 5) is 12.8. The largest absolute Gasteiger partial charge is 0.491 e. The van der Waals surface area contributed by atoms with Crippen LogP contribution < -0.4 is 10.1 Å². The van der Waals surface area contributed by atoms with Crippen molar-refractivity contribution in [3.8, 4) is 5.75 Å². The minimum Gasteiger partial charge on any atom is -0.491 e. The summed E-state index contributed by atoms with van der Waals surface area (Å²) in [6.07, 6.45) is 4.03. The molecular formula is C19H23N3O2. The molecule has 24 heavy (non-hydrogen) atoms. The monoisotopic (exact) mass is 325 g/mol.